The summed E-state index contributed by atoms with van der Waals surface area (Å²) in [4.78, 5) is 10.3. The van der Waals surface area contributed by atoms with E-state index in [9.17, 15) is 9.90 Å². The quantitative estimate of drug-likeness (QED) is 0.0817. The number of aliphatic carboxylic acids is 1. The third kappa shape index (κ3) is 39.6. The molecule has 0 heterocycles. The van der Waals surface area contributed by atoms with Crippen LogP contribution in [0.5, 0.6) is 0 Å². The second-order valence-corrected chi connectivity index (χ2v) is 12.8. The molecule has 1 atom stereocenters. The molecule has 0 rings (SSSR count). The van der Waals surface area contributed by atoms with Crippen molar-refractivity contribution in [2.75, 3.05) is 0 Å². The number of carboxylic acids is 1. The number of carbonyl (C=O) groups is 1. The van der Waals surface area contributed by atoms with Crippen LogP contribution in [0.2, 0.25) is 0 Å². The van der Waals surface area contributed by atoms with Crippen molar-refractivity contribution < 1.29 is 15.0 Å². The van der Waals surface area contributed by atoms with Crippen LogP contribution < -0.4 is 0 Å². The molecule has 0 aliphatic carbocycles. The Bertz CT molecular complexity index is 444. The highest BCUT2D eigenvalue weighted by Crippen LogP contribution is 2.19. The Hall–Kier alpha value is -0.570. The normalized spacial score (nSPS) is 11.9. The van der Waals surface area contributed by atoms with Crippen molar-refractivity contribution in [3.63, 3.8) is 0 Å². The molecule has 2 N–H and O–H groups in total. The monoisotopic (exact) mass is 569 g/mol. The molecule has 0 radical (unpaired) electrons. The van der Waals surface area contributed by atoms with E-state index in [0.717, 1.165) is 50.9 Å². The van der Waals surface area contributed by atoms with Crippen LogP contribution in [0, 0.1) is 5.92 Å². The molecule has 0 aromatic rings. The summed E-state index contributed by atoms with van der Waals surface area (Å²) in [6.45, 7) is 9.28. The average molecular weight is 569 g/mol. The fourth-order valence-corrected chi connectivity index (χ4v) is 5.54. The second-order valence-electron chi connectivity index (χ2n) is 12.8. The molecular formula is C37H76O3. The maximum atomic E-state index is 10.3. The summed E-state index contributed by atoms with van der Waals surface area (Å²) in [6.07, 6.45) is 38.3. The van der Waals surface area contributed by atoms with E-state index < -0.39 is 5.97 Å². The Morgan fingerprint density at radius 1 is 0.450 bits per heavy atom. The van der Waals surface area contributed by atoms with Crippen molar-refractivity contribution in [1.29, 1.82) is 0 Å². The van der Waals surface area contributed by atoms with Gasteiger partial charge in [-0.05, 0) is 25.2 Å². The van der Waals surface area contributed by atoms with Crippen molar-refractivity contribution in [2.24, 2.45) is 5.92 Å². The molecule has 0 aliphatic heterocycles. The summed E-state index contributed by atoms with van der Waals surface area (Å²) in [5.74, 6) is 0.266. The lowest BCUT2D eigenvalue weighted by atomic mass is 9.96. The number of hydrogen-bond acceptors (Lipinski definition) is 2. The molecule has 3 heteroatoms. The van der Waals surface area contributed by atoms with Gasteiger partial charge in [-0.3, -0.25) is 4.79 Å². The van der Waals surface area contributed by atoms with Gasteiger partial charge in [-0.2, -0.15) is 0 Å². The first-order valence-corrected chi connectivity index (χ1v) is 18.4. The lowest BCUT2D eigenvalue weighted by Gasteiger charge is -2.11. The maximum absolute atomic E-state index is 10.3. The van der Waals surface area contributed by atoms with E-state index in [1.165, 1.54) is 141 Å². The van der Waals surface area contributed by atoms with Crippen molar-refractivity contribution in [1.82, 2.24) is 0 Å². The lowest BCUT2D eigenvalue weighted by Crippen LogP contribution is -2.06. The minimum atomic E-state index is -0.706. The van der Waals surface area contributed by atoms with Crippen LogP contribution in [-0.2, 0) is 4.79 Å². The lowest BCUT2D eigenvalue weighted by molar-refractivity contribution is -0.137. The molecule has 0 saturated heterocycles. The molecular weight excluding hydrogens is 492 g/mol. The van der Waals surface area contributed by atoms with Gasteiger partial charge in [-0.25, -0.2) is 0 Å². The average Bonchev–Trinajstić information content (AvgIpc) is 2.93. The highest BCUT2D eigenvalue weighted by atomic mass is 16.4. The smallest absolute Gasteiger partial charge is 0.303 e. The number of carboxylic acid groups (broad SMARTS) is 1. The zero-order valence-electron chi connectivity index (χ0n) is 28.2. The first-order chi connectivity index (χ1) is 19.5. The Kier molecular flexibility index (Phi) is 37.9. The van der Waals surface area contributed by atoms with Gasteiger partial charge in [-0.1, -0.05) is 195 Å². The van der Waals surface area contributed by atoms with Gasteiger partial charge in [0.25, 0.3) is 0 Å². The van der Waals surface area contributed by atoms with Crippen LogP contribution in [0.4, 0.5) is 0 Å². The van der Waals surface area contributed by atoms with E-state index in [-0.39, 0.29) is 12.5 Å². The number of rotatable bonds is 31. The van der Waals surface area contributed by atoms with E-state index in [2.05, 4.69) is 27.7 Å². The van der Waals surface area contributed by atoms with Crippen molar-refractivity contribution in [3.8, 4) is 0 Å². The van der Waals surface area contributed by atoms with Crippen molar-refractivity contribution in [3.05, 3.63) is 0 Å². The fourth-order valence-electron chi connectivity index (χ4n) is 5.54. The molecule has 1 unspecified atom stereocenters. The summed E-state index contributed by atoms with van der Waals surface area (Å²) < 4.78 is 0. The van der Waals surface area contributed by atoms with Crippen LogP contribution in [-0.4, -0.2) is 22.3 Å². The predicted molar refractivity (Wildman–Crippen MR) is 178 cm³/mol. The molecule has 0 fully saturated rings. The van der Waals surface area contributed by atoms with Crippen LogP contribution in [0.1, 0.15) is 220 Å². The number of unbranched alkanes of at least 4 members (excludes halogenated alkanes) is 21. The molecule has 0 aromatic heterocycles. The number of aliphatic hydroxyl groups is 1. The van der Waals surface area contributed by atoms with Gasteiger partial charge in [0.1, 0.15) is 0 Å². The van der Waals surface area contributed by atoms with Crippen molar-refractivity contribution in [2.45, 2.75) is 226 Å². The van der Waals surface area contributed by atoms with Crippen LogP contribution in [0.25, 0.3) is 0 Å². The van der Waals surface area contributed by atoms with Gasteiger partial charge in [0.15, 0.2) is 0 Å². The number of hydrogen-bond donors (Lipinski definition) is 2. The molecule has 0 amide bonds. The van der Waals surface area contributed by atoms with E-state index >= 15 is 0 Å². The highest BCUT2D eigenvalue weighted by Gasteiger charge is 2.04. The van der Waals surface area contributed by atoms with E-state index in [0.29, 0.717) is 0 Å². The standard InChI is InChI=1S/C22H46.C15H30O3/c1-4-6-8-10-12-14-16-18-20-22(3)21-19-17-15-13-11-9-7-5-2;1-2-3-4-5-8-11-14(16)12-9-6-7-10-13-15(17)18/h22H,4-21H2,1-3H3;14,16H,2-13H2,1H3,(H,17,18). The zero-order valence-corrected chi connectivity index (χ0v) is 28.2. The predicted octanol–water partition coefficient (Wildman–Crippen LogP) is 12.8. The summed E-state index contributed by atoms with van der Waals surface area (Å²) >= 11 is 0. The molecule has 0 saturated carbocycles. The molecule has 0 aliphatic rings. The van der Waals surface area contributed by atoms with Gasteiger partial charge in [-0.15, -0.1) is 0 Å². The van der Waals surface area contributed by atoms with E-state index in [4.69, 9.17) is 5.11 Å². The van der Waals surface area contributed by atoms with Gasteiger partial charge < -0.3 is 10.2 Å². The summed E-state index contributed by atoms with van der Waals surface area (Å²) in [5, 5.41) is 18.2. The highest BCUT2D eigenvalue weighted by molar-refractivity contribution is 5.66. The Morgan fingerprint density at radius 3 is 1.05 bits per heavy atom. The first-order valence-electron chi connectivity index (χ1n) is 18.4. The van der Waals surface area contributed by atoms with Gasteiger partial charge in [0, 0.05) is 6.42 Å². The second kappa shape index (κ2) is 36.5. The summed E-state index contributed by atoms with van der Waals surface area (Å²) in [6, 6.07) is 0. The molecule has 40 heavy (non-hydrogen) atoms. The largest absolute Gasteiger partial charge is 0.481 e. The van der Waals surface area contributed by atoms with Crippen LogP contribution >= 0.6 is 0 Å². The third-order valence-corrected chi connectivity index (χ3v) is 8.42. The first kappa shape index (κ1) is 41.6. The minimum absolute atomic E-state index is 0.147. The zero-order chi connectivity index (χ0) is 29.9. The third-order valence-electron chi connectivity index (χ3n) is 8.42. The van der Waals surface area contributed by atoms with Gasteiger partial charge in [0.2, 0.25) is 0 Å². The maximum Gasteiger partial charge on any atom is 0.303 e. The SMILES string of the molecule is CCCCCCCC(O)CCCCCCC(=O)O.CCCCCCCCCCC(C)CCCCCCCCCC. The van der Waals surface area contributed by atoms with E-state index in [1.807, 2.05) is 0 Å². The molecule has 3 nitrogen and oxygen atoms in total. The Morgan fingerprint density at radius 2 is 0.725 bits per heavy atom. The van der Waals surface area contributed by atoms with Crippen LogP contribution in [0.15, 0.2) is 0 Å². The van der Waals surface area contributed by atoms with Gasteiger partial charge >= 0.3 is 5.97 Å². The molecule has 0 aromatic carbocycles. The van der Waals surface area contributed by atoms with Crippen molar-refractivity contribution >= 4 is 5.97 Å². The number of aliphatic hydroxyl groups excluding tert-OH is 1. The topological polar surface area (TPSA) is 57.5 Å². The summed E-state index contributed by atoms with van der Waals surface area (Å²) in [5.41, 5.74) is 0. The minimum Gasteiger partial charge on any atom is -0.481 e. The Labute approximate surface area is 253 Å². The summed E-state index contributed by atoms with van der Waals surface area (Å²) in [7, 11) is 0. The molecule has 0 bridgehead atoms. The van der Waals surface area contributed by atoms with Gasteiger partial charge in [0.05, 0.1) is 6.10 Å². The van der Waals surface area contributed by atoms with E-state index in [1.54, 1.807) is 0 Å². The molecule has 0 spiro atoms. The fraction of sp³-hybridized carbons (Fsp3) is 0.973. The molecule has 242 valence electrons. The Balaban J connectivity index is 0. The van der Waals surface area contributed by atoms with Crippen LogP contribution in [0.3, 0.4) is 0 Å².